The summed E-state index contributed by atoms with van der Waals surface area (Å²) in [5.41, 5.74) is 0.311. The molecular formula is C11H24ClN. The van der Waals surface area contributed by atoms with Crippen LogP contribution in [0.2, 0.25) is 0 Å². The molecule has 1 unspecified atom stereocenters. The first kappa shape index (κ1) is 13.2. The molecule has 0 amide bonds. The van der Waals surface area contributed by atoms with Crippen LogP contribution in [0.15, 0.2) is 0 Å². The van der Waals surface area contributed by atoms with Gasteiger partial charge in [0.1, 0.15) is 0 Å². The van der Waals surface area contributed by atoms with Crippen LogP contribution in [-0.4, -0.2) is 18.5 Å². The lowest BCUT2D eigenvalue weighted by Crippen LogP contribution is -2.39. The minimum atomic E-state index is 0.311. The molecule has 0 saturated carbocycles. The molecule has 0 saturated heterocycles. The minimum Gasteiger partial charge on any atom is -0.314 e. The Morgan fingerprint density at radius 1 is 1.23 bits per heavy atom. The molecule has 0 aliphatic rings. The minimum absolute atomic E-state index is 0.311. The van der Waals surface area contributed by atoms with Crippen molar-refractivity contribution in [3.05, 3.63) is 0 Å². The molecule has 0 aromatic rings. The topological polar surface area (TPSA) is 12.0 Å². The van der Waals surface area contributed by atoms with E-state index < -0.39 is 0 Å². The van der Waals surface area contributed by atoms with Crippen LogP contribution in [0.25, 0.3) is 0 Å². The molecule has 1 atom stereocenters. The molecule has 0 radical (unpaired) electrons. The summed E-state index contributed by atoms with van der Waals surface area (Å²) in [6.07, 6.45) is 3.51. The van der Waals surface area contributed by atoms with Gasteiger partial charge in [-0.25, -0.2) is 0 Å². The van der Waals surface area contributed by atoms with Crippen molar-refractivity contribution < 1.29 is 0 Å². The summed E-state index contributed by atoms with van der Waals surface area (Å²) in [5.74, 6) is 0.767. The molecule has 0 rings (SSSR count). The van der Waals surface area contributed by atoms with E-state index in [2.05, 4.69) is 33.0 Å². The van der Waals surface area contributed by atoms with Crippen LogP contribution in [0, 0.1) is 5.41 Å². The van der Waals surface area contributed by atoms with Crippen molar-refractivity contribution in [2.24, 2.45) is 5.41 Å². The zero-order valence-corrected chi connectivity index (χ0v) is 10.2. The maximum atomic E-state index is 6.01. The SMILES string of the molecule is CCC(C)NCC(CC)(CC)CCl. The smallest absolute Gasteiger partial charge is 0.0291 e. The molecule has 13 heavy (non-hydrogen) atoms. The van der Waals surface area contributed by atoms with Gasteiger partial charge in [-0.2, -0.15) is 0 Å². The zero-order valence-electron chi connectivity index (χ0n) is 9.49. The van der Waals surface area contributed by atoms with Crippen LogP contribution in [0.4, 0.5) is 0 Å². The van der Waals surface area contributed by atoms with E-state index >= 15 is 0 Å². The molecule has 80 valence electrons. The van der Waals surface area contributed by atoms with Gasteiger partial charge in [0.15, 0.2) is 0 Å². The third kappa shape index (κ3) is 4.33. The normalized spacial score (nSPS) is 14.5. The van der Waals surface area contributed by atoms with E-state index in [0.717, 1.165) is 25.3 Å². The summed E-state index contributed by atoms with van der Waals surface area (Å²) in [4.78, 5) is 0. The van der Waals surface area contributed by atoms with Crippen LogP contribution >= 0.6 is 11.6 Å². The van der Waals surface area contributed by atoms with E-state index in [0.29, 0.717) is 11.5 Å². The van der Waals surface area contributed by atoms with Crippen LogP contribution in [-0.2, 0) is 0 Å². The Balaban J connectivity index is 3.95. The van der Waals surface area contributed by atoms with Gasteiger partial charge >= 0.3 is 0 Å². The highest BCUT2D eigenvalue weighted by molar-refractivity contribution is 6.18. The molecule has 0 heterocycles. The molecular weight excluding hydrogens is 182 g/mol. The van der Waals surface area contributed by atoms with E-state index in [1.165, 1.54) is 6.42 Å². The molecule has 0 aromatic heterocycles. The fourth-order valence-corrected chi connectivity index (χ4v) is 1.74. The molecule has 2 heteroatoms. The van der Waals surface area contributed by atoms with Crippen molar-refractivity contribution in [3.8, 4) is 0 Å². The van der Waals surface area contributed by atoms with E-state index in [1.807, 2.05) is 0 Å². The largest absolute Gasteiger partial charge is 0.314 e. The Hall–Kier alpha value is 0.250. The van der Waals surface area contributed by atoms with E-state index in [9.17, 15) is 0 Å². The second-order valence-corrected chi connectivity index (χ2v) is 4.30. The molecule has 0 aromatic carbocycles. The Labute approximate surface area is 88.2 Å². The fraction of sp³-hybridized carbons (Fsp3) is 1.00. The standard InChI is InChI=1S/C11H24ClN/c1-5-10(4)13-9-11(6-2,7-3)8-12/h10,13H,5-9H2,1-4H3. The van der Waals surface area contributed by atoms with Crippen molar-refractivity contribution in [2.75, 3.05) is 12.4 Å². The molecule has 1 nitrogen and oxygen atoms in total. The Morgan fingerprint density at radius 3 is 2.08 bits per heavy atom. The molecule has 0 spiro atoms. The summed E-state index contributed by atoms with van der Waals surface area (Å²) in [7, 11) is 0. The van der Waals surface area contributed by atoms with Crippen molar-refractivity contribution in [2.45, 2.75) is 53.0 Å². The summed E-state index contributed by atoms with van der Waals surface area (Å²) in [6.45, 7) is 9.94. The third-order valence-electron chi connectivity index (χ3n) is 3.22. The van der Waals surface area contributed by atoms with Crippen molar-refractivity contribution in [1.29, 1.82) is 0 Å². The highest BCUT2D eigenvalue weighted by Crippen LogP contribution is 2.27. The third-order valence-corrected chi connectivity index (χ3v) is 3.79. The Bertz CT molecular complexity index is 113. The summed E-state index contributed by atoms with van der Waals surface area (Å²) in [6, 6.07) is 0.612. The van der Waals surface area contributed by atoms with E-state index in [-0.39, 0.29) is 0 Å². The molecule has 0 aliphatic carbocycles. The van der Waals surface area contributed by atoms with Crippen LogP contribution in [0.5, 0.6) is 0 Å². The number of hydrogen-bond donors (Lipinski definition) is 1. The quantitative estimate of drug-likeness (QED) is 0.629. The number of halogens is 1. The monoisotopic (exact) mass is 205 g/mol. The Morgan fingerprint density at radius 2 is 1.77 bits per heavy atom. The van der Waals surface area contributed by atoms with Crippen LogP contribution in [0.1, 0.15) is 47.0 Å². The average molecular weight is 206 g/mol. The summed E-state index contributed by atoms with van der Waals surface area (Å²) >= 11 is 6.01. The van der Waals surface area contributed by atoms with Gasteiger partial charge in [-0.05, 0) is 31.6 Å². The number of alkyl halides is 1. The van der Waals surface area contributed by atoms with Gasteiger partial charge in [0.05, 0.1) is 0 Å². The van der Waals surface area contributed by atoms with Gasteiger partial charge in [-0.1, -0.05) is 20.8 Å². The summed E-state index contributed by atoms with van der Waals surface area (Å²) < 4.78 is 0. The second-order valence-electron chi connectivity index (χ2n) is 4.03. The lowest BCUT2D eigenvalue weighted by Gasteiger charge is -2.31. The second kappa shape index (κ2) is 6.67. The number of nitrogens with one attached hydrogen (secondary N) is 1. The molecule has 0 bridgehead atoms. The maximum absolute atomic E-state index is 6.01. The highest BCUT2D eigenvalue weighted by Gasteiger charge is 2.24. The van der Waals surface area contributed by atoms with Gasteiger partial charge in [-0.15, -0.1) is 11.6 Å². The first-order valence-corrected chi connectivity index (χ1v) is 5.97. The zero-order chi connectivity index (χ0) is 10.3. The van der Waals surface area contributed by atoms with Gasteiger partial charge in [0.25, 0.3) is 0 Å². The predicted octanol–water partition coefficient (Wildman–Crippen LogP) is 3.42. The maximum Gasteiger partial charge on any atom is 0.0291 e. The van der Waals surface area contributed by atoms with Crippen LogP contribution in [0.3, 0.4) is 0 Å². The van der Waals surface area contributed by atoms with Gasteiger partial charge in [0.2, 0.25) is 0 Å². The van der Waals surface area contributed by atoms with E-state index in [1.54, 1.807) is 0 Å². The number of rotatable bonds is 7. The van der Waals surface area contributed by atoms with Gasteiger partial charge in [-0.3, -0.25) is 0 Å². The molecule has 0 fully saturated rings. The highest BCUT2D eigenvalue weighted by atomic mass is 35.5. The van der Waals surface area contributed by atoms with Crippen molar-refractivity contribution in [3.63, 3.8) is 0 Å². The van der Waals surface area contributed by atoms with Gasteiger partial charge in [0, 0.05) is 18.5 Å². The predicted molar refractivity (Wildman–Crippen MR) is 61.5 cm³/mol. The van der Waals surface area contributed by atoms with Crippen molar-refractivity contribution in [1.82, 2.24) is 5.32 Å². The van der Waals surface area contributed by atoms with Gasteiger partial charge < -0.3 is 5.32 Å². The fourth-order valence-electron chi connectivity index (χ4n) is 1.27. The first-order chi connectivity index (χ1) is 6.14. The lowest BCUT2D eigenvalue weighted by molar-refractivity contribution is 0.273. The van der Waals surface area contributed by atoms with E-state index in [4.69, 9.17) is 11.6 Å². The average Bonchev–Trinajstić information content (AvgIpc) is 2.20. The molecule has 1 N–H and O–H groups in total. The molecule has 0 aliphatic heterocycles. The number of hydrogen-bond acceptors (Lipinski definition) is 1. The summed E-state index contributed by atoms with van der Waals surface area (Å²) in [5, 5.41) is 3.54. The Kier molecular flexibility index (Phi) is 6.79. The van der Waals surface area contributed by atoms with Crippen LogP contribution < -0.4 is 5.32 Å². The van der Waals surface area contributed by atoms with Crippen molar-refractivity contribution >= 4 is 11.6 Å². The first-order valence-electron chi connectivity index (χ1n) is 5.43. The lowest BCUT2D eigenvalue weighted by atomic mass is 9.84.